The molecule has 0 unspecified atom stereocenters. The lowest BCUT2D eigenvalue weighted by molar-refractivity contribution is 0.569. The summed E-state index contributed by atoms with van der Waals surface area (Å²) in [6, 6.07) is 20.5. The highest BCUT2D eigenvalue weighted by Crippen LogP contribution is 2.23. The van der Waals surface area contributed by atoms with Crippen LogP contribution in [0.3, 0.4) is 0 Å². The first kappa shape index (κ1) is 15.5. The molecule has 0 saturated heterocycles. The van der Waals surface area contributed by atoms with Crippen molar-refractivity contribution in [3.05, 3.63) is 78.5 Å². The van der Waals surface area contributed by atoms with Crippen LogP contribution in [0.25, 0.3) is 22.0 Å². The van der Waals surface area contributed by atoms with Crippen molar-refractivity contribution in [1.29, 1.82) is 0 Å². The summed E-state index contributed by atoms with van der Waals surface area (Å²) in [5.41, 5.74) is 2.33. The van der Waals surface area contributed by atoms with Crippen molar-refractivity contribution >= 4 is 20.8 Å². The molecule has 124 valence electrons. The first-order valence-electron chi connectivity index (χ1n) is 7.78. The van der Waals surface area contributed by atoms with Gasteiger partial charge in [0.1, 0.15) is 5.69 Å². The predicted octanol–water partition coefficient (Wildman–Crippen LogP) is 3.64. The molecule has 0 aliphatic rings. The van der Waals surface area contributed by atoms with Crippen LogP contribution in [-0.2, 0) is 10.0 Å². The number of aromatic nitrogens is 3. The molecule has 0 bridgehead atoms. The van der Waals surface area contributed by atoms with Crippen molar-refractivity contribution in [3.63, 3.8) is 0 Å². The van der Waals surface area contributed by atoms with E-state index >= 15 is 0 Å². The Kier molecular flexibility index (Phi) is 3.62. The lowest BCUT2D eigenvalue weighted by Crippen LogP contribution is -2.16. The molecule has 0 radical (unpaired) electrons. The second-order valence-corrected chi connectivity index (χ2v) is 7.58. The van der Waals surface area contributed by atoms with Gasteiger partial charge in [-0.15, -0.1) is 10.2 Å². The maximum atomic E-state index is 12.6. The first-order valence-corrected chi connectivity index (χ1v) is 9.22. The lowest BCUT2D eigenvalue weighted by Gasteiger charge is -2.03. The van der Waals surface area contributed by atoms with E-state index in [4.69, 9.17) is 0 Å². The van der Waals surface area contributed by atoms with Crippen LogP contribution >= 0.6 is 0 Å². The van der Waals surface area contributed by atoms with Gasteiger partial charge < -0.3 is 0 Å². The van der Waals surface area contributed by atoms with Crippen LogP contribution in [0.5, 0.6) is 0 Å². The summed E-state index contributed by atoms with van der Waals surface area (Å²) in [4.78, 5) is 0.166. The summed E-state index contributed by atoms with van der Waals surface area (Å²) in [6.45, 7) is 1.90. The third-order valence-corrected chi connectivity index (χ3v) is 5.52. The Morgan fingerprint density at radius 3 is 2.36 bits per heavy atom. The second-order valence-electron chi connectivity index (χ2n) is 5.83. The van der Waals surface area contributed by atoms with Crippen LogP contribution in [0.4, 0.5) is 0 Å². The number of benzene rings is 3. The van der Waals surface area contributed by atoms with Gasteiger partial charge in [0.25, 0.3) is 10.0 Å². The molecule has 5 nitrogen and oxygen atoms in total. The predicted molar refractivity (Wildman–Crippen MR) is 96.7 cm³/mol. The van der Waals surface area contributed by atoms with E-state index in [-0.39, 0.29) is 4.90 Å². The number of fused-ring (bicyclic) bond motifs is 1. The van der Waals surface area contributed by atoms with Gasteiger partial charge >= 0.3 is 0 Å². The molecule has 1 aromatic heterocycles. The van der Waals surface area contributed by atoms with Crippen molar-refractivity contribution in [2.75, 3.05) is 0 Å². The summed E-state index contributed by atoms with van der Waals surface area (Å²) >= 11 is 0. The summed E-state index contributed by atoms with van der Waals surface area (Å²) in [5.74, 6) is 0. The van der Waals surface area contributed by atoms with Crippen molar-refractivity contribution in [2.45, 2.75) is 11.8 Å². The number of rotatable bonds is 3. The molecule has 4 aromatic rings. The highest BCUT2D eigenvalue weighted by atomic mass is 32.2. The Bertz CT molecular complexity index is 1160. The molecule has 0 fully saturated rings. The van der Waals surface area contributed by atoms with Gasteiger partial charge in [0, 0.05) is 5.56 Å². The number of hydrogen-bond donors (Lipinski definition) is 0. The van der Waals surface area contributed by atoms with Crippen molar-refractivity contribution < 1.29 is 8.42 Å². The summed E-state index contributed by atoms with van der Waals surface area (Å²) in [6.07, 6.45) is 1.47. The average Bonchev–Trinajstić information content (AvgIpc) is 3.13. The van der Waals surface area contributed by atoms with Gasteiger partial charge in [-0.3, -0.25) is 0 Å². The Morgan fingerprint density at radius 1 is 0.880 bits per heavy atom. The third-order valence-electron chi connectivity index (χ3n) is 4.05. The van der Waals surface area contributed by atoms with Crippen LogP contribution in [0.2, 0.25) is 0 Å². The maximum Gasteiger partial charge on any atom is 0.299 e. The monoisotopic (exact) mass is 349 g/mol. The zero-order valence-corrected chi connectivity index (χ0v) is 14.3. The molecule has 25 heavy (non-hydrogen) atoms. The summed E-state index contributed by atoms with van der Waals surface area (Å²) in [7, 11) is -3.79. The Morgan fingerprint density at radius 2 is 1.60 bits per heavy atom. The van der Waals surface area contributed by atoms with Crippen LogP contribution in [0.1, 0.15) is 5.56 Å². The summed E-state index contributed by atoms with van der Waals surface area (Å²) in [5, 5.41) is 10.3. The minimum absolute atomic E-state index is 0.166. The van der Waals surface area contributed by atoms with Crippen LogP contribution in [0.15, 0.2) is 77.8 Å². The molecule has 0 N–H and O–H groups in total. The fourth-order valence-corrected chi connectivity index (χ4v) is 3.68. The van der Waals surface area contributed by atoms with Gasteiger partial charge in [-0.25, -0.2) is 0 Å². The van der Waals surface area contributed by atoms with Gasteiger partial charge in [0.2, 0.25) is 0 Å². The molecule has 0 saturated carbocycles. The highest BCUT2D eigenvalue weighted by molar-refractivity contribution is 7.89. The lowest BCUT2D eigenvalue weighted by atomic mass is 10.1. The van der Waals surface area contributed by atoms with E-state index in [1.165, 1.54) is 6.20 Å². The van der Waals surface area contributed by atoms with Crippen LogP contribution < -0.4 is 0 Å². The van der Waals surface area contributed by atoms with E-state index in [0.717, 1.165) is 26.1 Å². The zero-order valence-electron chi connectivity index (χ0n) is 13.5. The van der Waals surface area contributed by atoms with Crippen LogP contribution in [-0.4, -0.2) is 22.8 Å². The fourth-order valence-electron chi connectivity index (χ4n) is 2.65. The minimum Gasteiger partial charge on any atom is -0.198 e. The molecule has 0 aliphatic carbocycles. The third kappa shape index (κ3) is 2.81. The van der Waals surface area contributed by atoms with Gasteiger partial charge in [0.05, 0.1) is 11.1 Å². The topological polar surface area (TPSA) is 64.8 Å². The number of nitrogens with zero attached hydrogens (tertiary/aromatic N) is 3. The minimum atomic E-state index is -3.79. The molecule has 6 heteroatoms. The maximum absolute atomic E-state index is 12.6. The molecule has 1 heterocycles. The molecule has 3 aromatic carbocycles. The van der Waals surface area contributed by atoms with Gasteiger partial charge in [0.15, 0.2) is 0 Å². The van der Waals surface area contributed by atoms with Crippen molar-refractivity contribution in [3.8, 4) is 11.3 Å². The first-order chi connectivity index (χ1) is 12.0. The normalized spacial score (nSPS) is 11.7. The Hall–Kier alpha value is -2.99. The van der Waals surface area contributed by atoms with E-state index in [9.17, 15) is 8.42 Å². The Labute approximate surface area is 145 Å². The Balaban J connectivity index is 1.75. The average molecular weight is 349 g/mol. The number of aryl methyl sites for hydroxylation is 1. The van der Waals surface area contributed by atoms with Crippen molar-refractivity contribution in [1.82, 2.24) is 14.4 Å². The van der Waals surface area contributed by atoms with E-state index in [1.807, 2.05) is 49.4 Å². The smallest absolute Gasteiger partial charge is 0.198 e. The van der Waals surface area contributed by atoms with Gasteiger partial charge in [-0.1, -0.05) is 58.3 Å². The highest BCUT2D eigenvalue weighted by Gasteiger charge is 2.20. The van der Waals surface area contributed by atoms with Crippen LogP contribution in [0, 0.1) is 6.92 Å². The number of hydrogen-bond acceptors (Lipinski definition) is 4. The molecule has 0 aliphatic heterocycles. The quantitative estimate of drug-likeness (QED) is 0.566. The summed E-state index contributed by atoms with van der Waals surface area (Å²) < 4.78 is 26.1. The fraction of sp³-hybridized carbons (Fsp3) is 0.0526. The zero-order chi connectivity index (χ0) is 17.4. The molecular weight excluding hydrogens is 334 g/mol. The molecule has 0 amide bonds. The standard InChI is InChI=1S/C19H15N3O2S/c1-14-6-10-18(11-7-14)25(23,24)22-20-13-19(21-22)17-9-8-15-4-2-3-5-16(15)12-17/h2-13H,1H3. The van der Waals surface area contributed by atoms with E-state index < -0.39 is 10.0 Å². The van der Waals surface area contributed by atoms with E-state index in [1.54, 1.807) is 24.3 Å². The second kappa shape index (κ2) is 5.82. The molecule has 0 spiro atoms. The molecule has 0 atom stereocenters. The van der Waals surface area contributed by atoms with Crippen molar-refractivity contribution in [2.24, 2.45) is 0 Å². The van der Waals surface area contributed by atoms with Gasteiger partial charge in [-0.05, 0) is 35.9 Å². The SMILES string of the molecule is Cc1ccc(S(=O)(=O)n2ncc(-c3ccc4ccccc4c3)n2)cc1. The largest absolute Gasteiger partial charge is 0.299 e. The molecular formula is C19H15N3O2S. The van der Waals surface area contributed by atoms with E-state index in [2.05, 4.69) is 10.2 Å². The van der Waals surface area contributed by atoms with Gasteiger partial charge in [-0.2, -0.15) is 8.42 Å². The molecule has 4 rings (SSSR count). The van der Waals surface area contributed by atoms with E-state index in [0.29, 0.717) is 5.69 Å².